The second kappa shape index (κ2) is 8.43. The van der Waals surface area contributed by atoms with E-state index in [1.807, 2.05) is 0 Å². The van der Waals surface area contributed by atoms with E-state index in [0.717, 1.165) is 0 Å². The highest BCUT2D eigenvalue weighted by atomic mass is 16.6. The molecule has 0 spiro atoms. The Morgan fingerprint density at radius 2 is 1.95 bits per heavy atom. The van der Waals surface area contributed by atoms with Crippen molar-refractivity contribution in [1.29, 1.82) is 0 Å². The van der Waals surface area contributed by atoms with Gasteiger partial charge in [0.15, 0.2) is 0 Å². The summed E-state index contributed by atoms with van der Waals surface area (Å²) in [6, 6.07) is 5.69. The lowest BCUT2D eigenvalue weighted by atomic mass is 10.2. The molecule has 8 heteroatoms. The average molecular weight is 293 g/mol. The molecule has 0 saturated carbocycles. The van der Waals surface area contributed by atoms with Crippen molar-refractivity contribution in [2.24, 2.45) is 0 Å². The summed E-state index contributed by atoms with van der Waals surface area (Å²) in [7, 11) is 0. The van der Waals surface area contributed by atoms with E-state index in [0.29, 0.717) is 12.2 Å². The first-order valence-electron chi connectivity index (χ1n) is 6.12. The molecule has 2 N–H and O–H groups in total. The Labute approximate surface area is 120 Å². The van der Waals surface area contributed by atoms with Crippen LogP contribution in [0.25, 0.3) is 6.08 Å². The molecular weight excluding hydrogens is 278 g/mol. The predicted octanol–water partition coefficient (Wildman–Crippen LogP) is 0.792. The minimum atomic E-state index is -0.529. The van der Waals surface area contributed by atoms with Crippen molar-refractivity contribution < 1.29 is 19.2 Å². The SMILES string of the molecule is CCOCC(=O)NNC(=O)/C=C/c1ccc([N+](=O)[O-])cc1. The summed E-state index contributed by atoms with van der Waals surface area (Å²) in [4.78, 5) is 32.5. The van der Waals surface area contributed by atoms with Crippen LogP contribution in [0.3, 0.4) is 0 Å². The molecule has 0 unspecified atom stereocenters. The highest BCUT2D eigenvalue weighted by Crippen LogP contribution is 2.12. The first-order valence-corrected chi connectivity index (χ1v) is 6.12. The zero-order valence-corrected chi connectivity index (χ0v) is 11.4. The third kappa shape index (κ3) is 6.30. The Balaban J connectivity index is 2.43. The molecule has 1 aromatic rings. The Morgan fingerprint density at radius 3 is 2.52 bits per heavy atom. The summed E-state index contributed by atoms with van der Waals surface area (Å²) in [5.74, 6) is -0.993. The summed E-state index contributed by atoms with van der Waals surface area (Å²) >= 11 is 0. The number of rotatable bonds is 6. The van der Waals surface area contributed by atoms with Crippen LogP contribution >= 0.6 is 0 Å². The van der Waals surface area contributed by atoms with Crippen LogP contribution in [0.2, 0.25) is 0 Å². The van der Waals surface area contributed by atoms with Crippen LogP contribution in [0.4, 0.5) is 5.69 Å². The predicted molar refractivity (Wildman–Crippen MR) is 74.9 cm³/mol. The first-order chi connectivity index (χ1) is 10.0. The van der Waals surface area contributed by atoms with Crippen LogP contribution < -0.4 is 10.9 Å². The smallest absolute Gasteiger partial charge is 0.269 e. The molecule has 0 aliphatic rings. The van der Waals surface area contributed by atoms with Crippen LogP contribution in [0.1, 0.15) is 12.5 Å². The van der Waals surface area contributed by atoms with Crippen molar-refractivity contribution in [3.8, 4) is 0 Å². The molecule has 0 aliphatic carbocycles. The van der Waals surface area contributed by atoms with Gasteiger partial charge in [-0.15, -0.1) is 0 Å². The summed E-state index contributed by atoms with van der Waals surface area (Å²) in [6.07, 6.45) is 2.66. The number of ether oxygens (including phenoxy) is 1. The largest absolute Gasteiger partial charge is 0.372 e. The Bertz CT molecular complexity index is 539. The number of benzene rings is 1. The number of hydrogen-bond acceptors (Lipinski definition) is 5. The van der Waals surface area contributed by atoms with Crippen LogP contribution in [0, 0.1) is 10.1 Å². The molecule has 112 valence electrons. The first kappa shape index (κ1) is 16.3. The van der Waals surface area contributed by atoms with Crippen LogP contribution in [-0.2, 0) is 14.3 Å². The fourth-order valence-corrected chi connectivity index (χ4v) is 1.28. The maximum Gasteiger partial charge on any atom is 0.269 e. The highest BCUT2D eigenvalue weighted by Gasteiger charge is 2.03. The van der Waals surface area contributed by atoms with Gasteiger partial charge in [-0.2, -0.15) is 0 Å². The minimum Gasteiger partial charge on any atom is -0.372 e. The van der Waals surface area contributed by atoms with E-state index in [4.69, 9.17) is 4.74 Å². The van der Waals surface area contributed by atoms with Gasteiger partial charge in [0, 0.05) is 24.8 Å². The van der Waals surface area contributed by atoms with Crippen molar-refractivity contribution >= 4 is 23.6 Å². The standard InChI is InChI=1S/C13H15N3O5/c1-2-21-9-13(18)15-14-12(17)8-5-10-3-6-11(7-4-10)16(19)20/h3-8H,2,9H2,1H3,(H,14,17)(H,15,18)/b8-5+. The molecule has 21 heavy (non-hydrogen) atoms. The van der Waals surface area contributed by atoms with Gasteiger partial charge in [-0.1, -0.05) is 0 Å². The monoisotopic (exact) mass is 293 g/mol. The maximum atomic E-state index is 11.4. The molecule has 8 nitrogen and oxygen atoms in total. The van der Waals surface area contributed by atoms with Crippen LogP contribution in [0.15, 0.2) is 30.3 Å². The molecule has 1 aromatic carbocycles. The van der Waals surface area contributed by atoms with E-state index >= 15 is 0 Å². The van der Waals surface area contributed by atoms with Gasteiger partial charge in [-0.3, -0.25) is 30.6 Å². The number of hydrazine groups is 1. The van der Waals surface area contributed by atoms with Gasteiger partial charge in [0.05, 0.1) is 4.92 Å². The van der Waals surface area contributed by atoms with Gasteiger partial charge in [0.25, 0.3) is 17.5 Å². The molecule has 0 aromatic heterocycles. The van der Waals surface area contributed by atoms with Gasteiger partial charge in [0.2, 0.25) is 0 Å². The lowest BCUT2D eigenvalue weighted by molar-refractivity contribution is -0.384. The summed E-state index contributed by atoms with van der Waals surface area (Å²) < 4.78 is 4.85. The molecule has 0 heterocycles. The van der Waals surface area contributed by atoms with Crippen molar-refractivity contribution in [2.45, 2.75) is 6.92 Å². The molecule has 0 saturated heterocycles. The average Bonchev–Trinajstić information content (AvgIpc) is 2.49. The Kier molecular flexibility index (Phi) is 6.55. The molecule has 2 amide bonds. The van der Waals surface area contributed by atoms with Crippen LogP contribution in [0.5, 0.6) is 0 Å². The van der Waals surface area contributed by atoms with Gasteiger partial charge in [-0.25, -0.2) is 0 Å². The zero-order chi connectivity index (χ0) is 15.7. The number of nitrogens with one attached hydrogen (secondary N) is 2. The summed E-state index contributed by atoms with van der Waals surface area (Å²) in [5, 5.41) is 10.5. The van der Waals surface area contributed by atoms with Gasteiger partial charge >= 0.3 is 0 Å². The number of nitro benzene ring substituents is 1. The third-order valence-electron chi connectivity index (χ3n) is 2.29. The number of amides is 2. The quantitative estimate of drug-likeness (QED) is 0.457. The minimum absolute atomic E-state index is 0.0280. The fraction of sp³-hybridized carbons (Fsp3) is 0.231. The van der Waals surface area contributed by atoms with E-state index in [2.05, 4.69) is 10.9 Å². The maximum absolute atomic E-state index is 11.4. The molecule has 0 bridgehead atoms. The van der Waals surface area contributed by atoms with Gasteiger partial charge in [-0.05, 0) is 30.7 Å². The number of nitro groups is 1. The summed E-state index contributed by atoms with van der Waals surface area (Å²) in [6.45, 7) is 2.02. The number of non-ortho nitro benzene ring substituents is 1. The zero-order valence-electron chi connectivity index (χ0n) is 11.4. The highest BCUT2D eigenvalue weighted by molar-refractivity contribution is 5.93. The molecule has 0 radical (unpaired) electrons. The number of hydrogen-bond donors (Lipinski definition) is 2. The second-order valence-corrected chi connectivity index (χ2v) is 3.86. The van der Waals surface area contributed by atoms with E-state index in [9.17, 15) is 19.7 Å². The van der Waals surface area contributed by atoms with Crippen molar-refractivity contribution in [3.05, 3.63) is 46.0 Å². The molecule has 0 fully saturated rings. The topological polar surface area (TPSA) is 111 Å². The second-order valence-electron chi connectivity index (χ2n) is 3.86. The van der Waals surface area contributed by atoms with Gasteiger partial charge in [0.1, 0.15) is 6.61 Å². The third-order valence-corrected chi connectivity index (χ3v) is 2.29. The normalized spacial score (nSPS) is 10.3. The van der Waals surface area contributed by atoms with Crippen molar-refractivity contribution in [3.63, 3.8) is 0 Å². The lowest BCUT2D eigenvalue weighted by Gasteiger charge is -2.04. The molecule has 0 atom stereocenters. The Morgan fingerprint density at radius 1 is 1.29 bits per heavy atom. The molecular formula is C13H15N3O5. The fourth-order valence-electron chi connectivity index (χ4n) is 1.28. The number of carbonyl (C=O) groups excluding carboxylic acids is 2. The lowest BCUT2D eigenvalue weighted by Crippen LogP contribution is -2.42. The van der Waals surface area contributed by atoms with Gasteiger partial charge < -0.3 is 4.74 Å². The van der Waals surface area contributed by atoms with E-state index in [1.165, 1.54) is 36.4 Å². The molecule has 0 aliphatic heterocycles. The van der Waals surface area contributed by atoms with E-state index in [1.54, 1.807) is 6.92 Å². The van der Waals surface area contributed by atoms with E-state index in [-0.39, 0.29) is 12.3 Å². The number of nitrogens with zero attached hydrogens (tertiary/aromatic N) is 1. The van der Waals surface area contributed by atoms with Crippen molar-refractivity contribution in [2.75, 3.05) is 13.2 Å². The summed E-state index contributed by atoms with van der Waals surface area (Å²) in [5.41, 5.74) is 4.94. The number of carbonyl (C=O) groups is 2. The van der Waals surface area contributed by atoms with Crippen molar-refractivity contribution in [1.82, 2.24) is 10.9 Å². The molecule has 1 rings (SSSR count). The Hall–Kier alpha value is -2.74. The van der Waals surface area contributed by atoms with E-state index < -0.39 is 16.7 Å². The van der Waals surface area contributed by atoms with Crippen LogP contribution in [-0.4, -0.2) is 30.0 Å².